The molecule has 26 heavy (non-hydrogen) atoms. The van der Waals surface area contributed by atoms with Crippen LogP contribution in [-0.4, -0.2) is 77.9 Å². The largest absolute Gasteiger partial charge is 0.336 e. The molecule has 0 unspecified atom stereocenters. The Morgan fingerprint density at radius 2 is 1.88 bits per heavy atom. The summed E-state index contributed by atoms with van der Waals surface area (Å²) in [5.74, 6) is 0.0575. The predicted octanol–water partition coefficient (Wildman–Crippen LogP) is 2.56. The summed E-state index contributed by atoms with van der Waals surface area (Å²) in [7, 11) is 2.07. The first kappa shape index (κ1) is 18.6. The van der Waals surface area contributed by atoms with Gasteiger partial charge in [0.1, 0.15) is 0 Å². The van der Waals surface area contributed by atoms with Crippen molar-refractivity contribution in [2.45, 2.75) is 13.8 Å². The van der Waals surface area contributed by atoms with Crippen LogP contribution in [0.25, 0.3) is 10.2 Å². The molecule has 1 aliphatic rings. The third-order valence-electron chi connectivity index (χ3n) is 4.69. The second-order valence-electron chi connectivity index (χ2n) is 6.40. The number of carbonyl (C=O) groups excluding carboxylic acids is 2. The van der Waals surface area contributed by atoms with Crippen LogP contribution in [-0.2, 0) is 0 Å². The maximum absolute atomic E-state index is 12.7. The van der Waals surface area contributed by atoms with E-state index in [4.69, 9.17) is 0 Å². The van der Waals surface area contributed by atoms with E-state index < -0.39 is 0 Å². The fourth-order valence-corrected chi connectivity index (χ4v) is 3.88. The number of hydrogen-bond acceptors (Lipinski definition) is 5. The van der Waals surface area contributed by atoms with Crippen LogP contribution in [0.1, 0.15) is 24.2 Å². The van der Waals surface area contributed by atoms with Crippen molar-refractivity contribution in [1.82, 2.24) is 19.7 Å². The molecule has 140 valence electrons. The molecule has 3 amide bonds. The lowest BCUT2D eigenvalue weighted by molar-refractivity contribution is 0.0664. The lowest BCUT2D eigenvalue weighted by Gasteiger charge is -2.32. The second kappa shape index (κ2) is 8.01. The Kier molecular flexibility index (Phi) is 5.73. The van der Waals surface area contributed by atoms with Crippen molar-refractivity contribution < 1.29 is 9.59 Å². The second-order valence-corrected chi connectivity index (χ2v) is 7.43. The van der Waals surface area contributed by atoms with Crippen molar-refractivity contribution in [3.05, 3.63) is 23.8 Å². The van der Waals surface area contributed by atoms with Crippen LogP contribution >= 0.6 is 11.3 Å². The molecule has 3 rings (SSSR count). The average Bonchev–Trinajstić information content (AvgIpc) is 3.04. The molecule has 1 aromatic carbocycles. The number of piperazine rings is 1. The lowest BCUT2D eigenvalue weighted by atomic mass is 10.1. The normalized spacial score (nSPS) is 15.3. The van der Waals surface area contributed by atoms with Gasteiger partial charge in [-0.15, -0.1) is 0 Å². The zero-order valence-corrected chi connectivity index (χ0v) is 16.3. The average molecular weight is 375 g/mol. The first-order valence-corrected chi connectivity index (χ1v) is 9.77. The predicted molar refractivity (Wildman–Crippen MR) is 105 cm³/mol. The highest BCUT2D eigenvalue weighted by Crippen LogP contribution is 2.27. The van der Waals surface area contributed by atoms with Gasteiger partial charge in [0.15, 0.2) is 5.13 Å². The smallest absolute Gasteiger partial charge is 0.323 e. The van der Waals surface area contributed by atoms with Crippen LogP contribution in [0.5, 0.6) is 0 Å². The van der Waals surface area contributed by atoms with E-state index in [-0.39, 0.29) is 11.9 Å². The van der Waals surface area contributed by atoms with E-state index in [1.165, 1.54) is 11.3 Å². The Morgan fingerprint density at radius 1 is 1.19 bits per heavy atom. The number of nitrogens with zero attached hydrogens (tertiary/aromatic N) is 4. The number of fused-ring (bicyclic) bond motifs is 1. The van der Waals surface area contributed by atoms with Gasteiger partial charge in [-0.1, -0.05) is 11.3 Å². The summed E-state index contributed by atoms with van der Waals surface area (Å²) < 4.78 is 0.903. The minimum absolute atomic E-state index is 0.0575. The summed E-state index contributed by atoms with van der Waals surface area (Å²) in [6.45, 7) is 8.48. The van der Waals surface area contributed by atoms with Gasteiger partial charge in [-0.2, -0.15) is 0 Å². The topological polar surface area (TPSA) is 68.8 Å². The Labute approximate surface area is 157 Å². The lowest BCUT2D eigenvalue weighted by Crippen LogP contribution is -2.47. The number of anilines is 1. The van der Waals surface area contributed by atoms with Gasteiger partial charge in [0.25, 0.3) is 5.91 Å². The van der Waals surface area contributed by atoms with Crippen LogP contribution in [0.2, 0.25) is 0 Å². The van der Waals surface area contributed by atoms with E-state index in [1.54, 1.807) is 4.90 Å². The summed E-state index contributed by atoms with van der Waals surface area (Å²) in [4.78, 5) is 35.2. The number of likely N-dealkylation sites (N-methyl/N-ethyl adjacent to an activating group) is 1. The fourth-order valence-electron chi connectivity index (χ4n) is 2.98. The fraction of sp³-hybridized carbons (Fsp3) is 0.500. The number of thiazole rings is 1. The summed E-state index contributed by atoms with van der Waals surface area (Å²) >= 11 is 1.39. The van der Waals surface area contributed by atoms with E-state index in [2.05, 4.69) is 22.2 Å². The SMILES string of the molecule is CCN(CC)C(=O)Nc1nc2ccc(C(=O)N3CCN(C)CC3)cc2s1. The van der Waals surface area contributed by atoms with Gasteiger partial charge in [0.05, 0.1) is 10.2 Å². The molecule has 2 aromatic rings. The monoisotopic (exact) mass is 375 g/mol. The quantitative estimate of drug-likeness (QED) is 0.892. The van der Waals surface area contributed by atoms with Gasteiger partial charge in [-0.05, 0) is 39.1 Å². The molecule has 0 radical (unpaired) electrons. The van der Waals surface area contributed by atoms with Gasteiger partial charge < -0.3 is 14.7 Å². The Balaban J connectivity index is 1.75. The molecule has 0 atom stereocenters. The summed E-state index contributed by atoms with van der Waals surface area (Å²) in [6, 6.07) is 5.39. The Hall–Kier alpha value is -2.19. The molecule has 1 saturated heterocycles. The molecule has 1 fully saturated rings. The van der Waals surface area contributed by atoms with Crippen molar-refractivity contribution >= 4 is 38.6 Å². The third-order valence-corrected chi connectivity index (χ3v) is 5.62. The van der Waals surface area contributed by atoms with Gasteiger partial charge in [0, 0.05) is 44.8 Å². The van der Waals surface area contributed by atoms with Gasteiger partial charge in [0.2, 0.25) is 0 Å². The number of benzene rings is 1. The Morgan fingerprint density at radius 3 is 2.54 bits per heavy atom. The molecule has 0 aliphatic carbocycles. The zero-order valence-electron chi connectivity index (χ0n) is 15.5. The van der Waals surface area contributed by atoms with Crippen molar-refractivity contribution in [2.75, 3.05) is 51.6 Å². The van der Waals surface area contributed by atoms with Gasteiger partial charge in [-0.3, -0.25) is 10.1 Å². The molecule has 0 saturated carbocycles. The number of nitrogens with one attached hydrogen (secondary N) is 1. The first-order chi connectivity index (χ1) is 12.5. The van der Waals surface area contributed by atoms with E-state index in [1.807, 2.05) is 36.9 Å². The number of rotatable bonds is 4. The Bertz CT molecular complexity index is 794. The minimum atomic E-state index is -0.150. The first-order valence-electron chi connectivity index (χ1n) is 8.96. The maximum Gasteiger partial charge on any atom is 0.323 e. The van der Waals surface area contributed by atoms with Crippen molar-refractivity contribution in [3.63, 3.8) is 0 Å². The summed E-state index contributed by atoms with van der Waals surface area (Å²) in [5, 5.41) is 3.40. The van der Waals surface area contributed by atoms with Crippen molar-refractivity contribution in [2.24, 2.45) is 0 Å². The molecule has 7 nitrogen and oxygen atoms in total. The van der Waals surface area contributed by atoms with Gasteiger partial charge in [-0.25, -0.2) is 9.78 Å². The molecule has 2 heterocycles. The molecule has 1 aliphatic heterocycles. The van der Waals surface area contributed by atoms with Crippen molar-refractivity contribution in [1.29, 1.82) is 0 Å². The maximum atomic E-state index is 12.7. The third kappa shape index (κ3) is 3.96. The molecule has 0 bridgehead atoms. The van der Waals surface area contributed by atoms with Crippen LogP contribution in [0.3, 0.4) is 0 Å². The highest BCUT2D eigenvalue weighted by Gasteiger charge is 2.21. The highest BCUT2D eigenvalue weighted by molar-refractivity contribution is 7.22. The van der Waals surface area contributed by atoms with E-state index in [0.29, 0.717) is 23.8 Å². The number of amides is 3. The number of carbonyl (C=O) groups is 2. The molecular weight excluding hydrogens is 350 g/mol. The van der Waals surface area contributed by atoms with Crippen LogP contribution in [0.4, 0.5) is 9.93 Å². The van der Waals surface area contributed by atoms with E-state index in [9.17, 15) is 9.59 Å². The van der Waals surface area contributed by atoms with E-state index >= 15 is 0 Å². The van der Waals surface area contributed by atoms with Gasteiger partial charge >= 0.3 is 6.03 Å². The molecular formula is C18H25N5O2S. The van der Waals surface area contributed by atoms with Crippen LogP contribution in [0.15, 0.2) is 18.2 Å². The zero-order chi connectivity index (χ0) is 18.7. The van der Waals surface area contributed by atoms with Crippen molar-refractivity contribution in [3.8, 4) is 0 Å². The molecule has 8 heteroatoms. The van der Waals surface area contributed by atoms with Crippen LogP contribution < -0.4 is 5.32 Å². The number of hydrogen-bond donors (Lipinski definition) is 1. The summed E-state index contributed by atoms with van der Waals surface area (Å²) in [6.07, 6.45) is 0. The highest BCUT2D eigenvalue weighted by atomic mass is 32.1. The molecule has 1 N–H and O–H groups in total. The molecule has 0 spiro atoms. The summed E-state index contributed by atoms with van der Waals surface area (Å²) in [5.41, 5.74) is 1.46. The van der Waals surface area contributed by atoms with Crippen LogP contribution in [0, 0.1) is 0 Å². The minimum Gasteiger partial charge on any atom is -0.336 e. The standard InChI is InChI=1S/C18H25N5O2S/c1-4-22(5-2)18(25)20-17-19-14-7-6-13(12-15(14)26-17)16(24)23-10-8-21(3)9-11-23/h6-7,12H,4-5,8-11H2,1-3H3,(H,19,20,25). The molecule has 1 aromatic heterocycles. The number of urea groups is 1. The van der Waals surface area contributed by atoms with E-state index in [0.717, 1.165) is 36.4 Å². The number of aromatic nitrogens is 1.